The lowest BCUT2D eigenvalue weighted by Gasteiger charge is -2.09. The maximum Gasteiger partial charge on any atom is 0.103 e. The molecule has 0 fully saturated rings. The molecule has 1 aromatic carbocycles. The Hall–Kier alpha value is -1.77. The van der Waals surface area contributed by atoms with Crippen LogP contribution in [0.5, 0.6) is 0 Å². The van der Waals surface area contributed by atoms with Gasteiger partial charge in [0.25, 0.3) is 0 Å². The Morgan fingerprint density at radius 1 is 1.35 bits per heavy atom. The van der Waals surface area contributed by atoms with Crippen molar-refractivity contribution in [2.75, 3.05) is 5.32 Å². The number of nitrogens with one attached hydrogen (secondary N) is 2. The summed E-state index contributed by atoms with van der Waals surface area (Å²) in [5, 5.41) is 3.40. The van der Waals surface area contributed by atoms with Gasteiger partial charge in [0.15, 0.2) is 0 Å². The quantitative estimate of drug-likeness (QED) is 0.843. The molecule has 17 heavy (non-hydrogen) atoms. The van der Waals surface area contributed by atoms with Crippen molar-refractivity contribution in [3.05, 3.63) is 47.5 Å². The zero-order valence-corrected chi connectivity index (χ0v) is 10.6. The zero-order chi connectivity index (χ0) is 12.3. The summed E-state index contributed by atoms with van der Waals surface area (Å²) in [6, 6.07) is 8.55. The molecular weight excluding hydrogens is 210 g/mol. The van der Waals surface area contributed by atoms with E-state index in [2.05, 4.69) is 53.4 Å². The van der Waals surface area contributed by atoms with Crippen LogP contribution in [-0.4, -0.2) is 9.97 Å². The third-order valence-electron chi connectivity index (χ3n) is 2.79. The first kappa shape index (κ1) is 11.7. The molecule has 0 aliphatic carbocycles. The zero-order valence-electron chi connectivity index (χ0n) is 10.6. The highest BCUT2D eigenvalue weighted by Crippen LogP contribution is 2.18. The van der Waals surface area contributed by atoms with E-state index in [0.29, 0.717) is 5.92 Å². The van der Waals surface area contributed by atoms with Crippen molar-refractivity contribution >= 4 is 5.69 Å². The molecule has 1 aromatic heterocycles. The number of aryl methyl sites for hydroxylation is 1. The maximum absolute atomic E-state index is 4.18. The standard InChI is InChI=1S/C14H19N3/c1-10(2)12-5-4-6-13(7-12)16-9-14-8-15-11(3)17-14/h4-8,10,16H,9H2,1-3H3,(H,15,17). The largest absolute Gasteiger partial charge is 0.379 e. The fraction of sp³-hybridized carbons (Fsp3) is 0.357. The molecule has 0 saturated heterocycles. The lowest BCUT2D eigenvalue weighted by atomic mass is 10.0. The van der Waals surface area contributed by atoms with Crippen LogP contribution in [0.25, 0.3) is 0 Å². The molecule has 1 heterocycles. The molecule has 0 aliphatic heterocycles. The highest BCUT2D eigenvalue weighted by atomic mass is 15.0. The molecule has 3 heteroatoms. The number of nitrogens with zero attached hydrogens (tertiary/aromatic N) is 1. The summed E-state index contributed by atoms with van der Waals surface area (Å²) >= 11 is 0. The molecule has 3 nitrogen and oxygen atoms in total. The van der Waals surface area contributed by atoms with Gasteiger partial charge in [0, 0.05) is 5.69 Å². The minimum absolute atomic E-state index is 0.561. The Morgan fingerprint density at radius 2 is 2.18 bits per heavy atom. The van der Waals surface area contributed by atoms with Gasteiger partial charge in [-0.2, -0.15) is 0 Å². The smallest absolute Gasteiger partial charge is 0.103 e. The first-order valence-electron chi connectivity index (χ1n) is 5.99. The first-order chi connectivity index (χ1) is 8.15. The topological polar surface area (TPSA) is 40.7 Å². The van der Waals surface area contributed by atoms with Crippen LogP contribution in [0.4, 0.5) is 5.69 Å². The van der Waals surface area contributed by atoms with Gasteiger partial charge in [-0.15, -0.1) is 0 Å². The van der Waals surface area contributed by atoms with E-state index >= 15 is 0 Å². The Morgan fingerprint density at radius 3 is 2.82 bits per heavy atom. The predicted octanol–water partition coefficient (Wildman–Crippen LogP) is 3.45. The average molecular weight is 229 g/mol. The van der Waals surface area contributed by atoms with Gasteiger partial charge >= 0.3 is 0 Å². The normalized spacial score (nSPS) is 10.8. The van der Waals surface area contributed by atoms with Gasteiger partial charge in [0.05, 0.1) is 18.4 Å². The summed E-state index contributed by atoms with van der Waals surface area (Å²) in [5.74, 6) is 1.52. The number of aromatic amines is 1. The van der Waals surface area contributed by atoms with E-state index in [1.54, 1.807) is 0 Å². The van der Waals surface area contributed by atoms with Gasteiger partial charge in [-0.1, -0.05) is 26.0 Å². The summed E-state index contributed by atoms with van der Waals surface area (Å²) in [7, 11) is 0. The monoisotopic (exact) mass is 229 g/mol. The van der Waals surface area contributed by atoms with Crippen LogP contribution in [0.3, 0.4) is 0 Å². The highest BCUT2D eigenvalue weighted by molar-refractivity contribution is 5.46. The number of hydrogen-bond acceptors (Lipinski definition) is 2. The Kier molecular flexibility index (Phi) is 3.47. The van der Waals surface area contributed by atoms with Crippen LogP contribution >= 0.6 is 0 Å². The second kappa shape index (κ2) is 5.04. The summed E-state index contributed by atoms with van der Waals surface area (Å²) < 4.78 is 0. The molecule has 0 aliphatic rings. The minimum Gasteiger partial charge on any atom is -0.379 e. The molecule has 0 radical (unpaired) electrons. The molecular formula is C14H19N3. The van der Waals surface area contributed by atoms with Gasteiger partial charge in [-0.05, 0) is 30.5 Å². The van der Waals surface area contributed by atoms with Crippen LogP contribution in [0.2, 0.25) is 0 Å². The van der Waals surface area contributed by atoms with Crippen LogP contribution in [0.15, 0.2) is 30.5 Å². The molecule has 0 atom stereocenters. The SMILES string of the molecule is Cc1ncc(CNc2cccc(C(C)C)c2)[nH]1. The number of aromatic nitrogens is 2. The highest BCUT2D eigenvalue weighted by Gasteiger charge is 2.01. The lowest BCUT2D eigenvalue weighted by molar-refractivity contribution is 0.866. The number of imidazole rings is 1. The van der Waals surface area contributed by atoms with E-state index in [0.717, 1.165) is 23.8 Å². The van der Waals surface area contributed by atoms with Crippen LogP contribution in [-0.2, 0) is 6.54 Å². The predicted molar refractivity (Wildman–Crippen MR) is 71.2 cm³/mol. The number of H-pyrrole nitrogens is 1. The number of rotatable bonds is 4. The molecule has 0 spiro atoms. The summed E-state index contributed by atoms with van der Waals surface area (Å²) in [6.45, 7) is 7.15. The van der Waals surface area contributed by atoms with Crippen LogP contribution in [0.1, 0.15) is 36.8 Å². The molecule has 2 N–H and O–H groups in total. The number of benzene rings is 1. The van der Waals surface area contributed by atoms with Crippen molar-refractivity contribution < 1.29 is 0 Å². The third-order valence-corrected chi connectivity index (χ3v) is 2.79. The van der Waals surface area contributed by atoms with E-state index in [1.165, 1.54) is 5.56 Å². The van der Waals surface area contributed by atoms with Crippen LogP contribution in [0, 0.1) is 6.92 Å². The molecule has 2 rings (SSSR count). The minimum atomic E-state index is 0.561. The van der Waals surface area contributed by atoms with E-state index in [4.69, 9.17) is 0 Å². The van der Waals surface area contributed by atoms with Crippen molar-refractivity contribution in [2.45, 2.75) is 33.2 Å². The number of hydrogen-bond donors (Lipinski definition) is 2. The fourth-order valence-electron chi connectivity index (χ4n) is 1.77. The first-order valence-corrected chi connectivity index (χ1v) is 5.99. The maximum atomic E-state index is 4.18. The Labute approximate surface area is 102 Å². The molecule has 90 valence electrons. The molecule has 0 saturated carbocycles. The summed E-state index contributed by atoms with van der Waals surface area (Å²) in [6.07, 6.45) is 1.87. The summed E-state index contributed by atoms with van der Waals surface area (Å²) in [4.78, 5) is 7.39. The fourth-order valence-corrected chi connectivity index (χ4v) is 1.77. The van der Waals surface area contributed by atoms with Crippen molar-refractivity contribution in [1.82, 2.24) is 9.97 Å². The van der Waals surface area contributed by atoms with Gasteiger partial charge in [-0.3, -0.25) is 0 Å². The third kappa shape index (κ3) is 3.09. The summed E-state index contributed by atoms with van der Waals surface area (Å²) in [5.41, 5.74) is 3.62. The second-order valence-electron chi connectivity index (χ2n) is 4.63. The van der Waals surface area contributed by atoms with Crippen molar-refractivity contribution in [2.24, 2.45) is 0 Å². The molecule has 0 unspecified atom stereocenters. The van der Waals surface area contributed by atoms with E-state index < -0.39 is 0 Å². The van der Waals surface area contributed by atoms with Gasteiger partial charge in [-0.25, -0.2) is 4.98 Å². The van der Waals surface area contributed by atoms with E-state index in [-0.39, 0.29) is 0 Å². The van der Waals surface area contributed by atoms with E-state index in [1.807, 2.05) is 13.1 Å². The van der Waals surface area contributed by atoms with Crippen molar-refractivity contribution in [3.63, 3.8) is 0 Å². The molecule has 2 aromatic rings. The van der Waals surface area contributed by atoms with Crippen LogP contribution < -0.4 is 5.32 Å². The molecule has 0 amide bonds. The molecule has 0 bridgehead atoms. The second-order valence-corrected chi connectivity index (χ2v) is 4.63. The Balaban J connectivity index is 2.01. The Bertz CT molecular complexity index is 486. The average Bonchev–Trinajstić information content (AvgIpc) is 2.73. The van der Waals surface area contributed by atoms with Crippen molar-refractivity contribution in [1.29, 1.82) is 0 Å². The van der Waals surface area contributed by atoms with Crippen molar-refractivity contribution in [3.8, 4) is 0 Å². The lowest BCUT2D eigenvalue weighted by Crippen LogP contribution is -2.00. The van der Waals surface area contributed by atoms with Gasteiger partial charge < -0.3 is 10.3 Å². The number of anilines is 1. The van der Waals surface area contributed by atoms with Gasteiger partial charge in [0.2, 0.25) is 0 Å². The van der Waals surface area contributed by atoms with E-state index in [9.17, 15) is 0 Å². The van der Waals surface area contributed by atoms with Gasteiger partial charge in [0.1, 0.15) is 5.82 Å².